The molecular formula is C49H33N3O. The Morgan fingerprint density at radius 3 is 1.87 bits per heavy atom. The van der Waals surface area contributed by atoms with E-state index in [0.717, 1.165) is 55.8 Å². The lowest BCUT2D eigenvalue weighted by Crippen LogP contribution is -2.15. The molecule has 4 nitrogen and oxygen atoms in total. The van der Waals surface area contributed by atoms with Crippen molar-refractivity contribution in [3.8, 4) is 50.7 Å². The van der Waals surface area contributed by atoms with E-state index in [9.17, 15) is 0 Å². The Bertz CT molecular complexity index is 3000. The molecule has 0 unspecified atom stereocenters. The number of hydrogen-bond donors (Lipinski definition) is 0. The molecule has 7 aromatic carbocycles. The van der Waals surface area contributed by atoms with Gasteiger partial charge in [0.25, 0.3) is 0 Å². The van der Waals surface area contributed by atoms with Gasteiger partial charge in [0.15, 0.2) is 5.82 Å². The molecule has 1 aliphatic carbocycles. The van der Waals surface area contributed by atoms with Gasteiger partial charge in [-0.1, -0.05) is 135 Å². The minimum atomic E-state index is -0.255. The van der Waals surface area contributed by atoms with E-state index in [1.165, 1.54) is 43.9 Å². The van der Waals surface area contributed by atoms with E-state index in [2.05, 4.69) is 170 Å². The lowest BCUT2D eigenvalue weighted by molar-refractivity contribution is 0.620. The summed E-state index contributed by atoms with van der Waals surface area (Å²) in [5.74, 6) is 0.696. The number of rotatable bonds is 4. The van der Waals surface area contributed by atoms with Gasteiger partial charge in [-0.3, -0.25) is 0 Å². The van der Waals surface area contributed by atoms with E-state index < -0.39 is 0 Å². The third-order valence-corrected chi connectivity index (χ3v) is 11.2. The second-order valence-corrected chi connectivity index (χ2v) is 14.5. The van der Waals surface area contributed by atoms with Crippen LogP contribution in [-0.4, -0.2) is 14.5 Å². The number of fused-ring (bicyclic) bond motifs is 12. The zero-order valence-corrected chi connectivity index (χ0v) is 29.3. The minimum absolute atomic E-state index is 0.255. The maximum absolute atomic E-state index is 6.86. The van der Waals surface area contributed by atoms with Gasteiger partial charge in [-0.15, -0.1) is 0 Å². The van der Waals surface area contributed by atoms with Gasteiger partial charge in [0.2, 0.25) is 0 Å². The molecule has 0 saturated carbocycles. The molecular weight excluding hydrogens is 647 g/mol. The van der Waals surface area contributed by atoms with E-state index in [1.807, 2.05) is 12.1 Å². The normalized spacial score (nSPS) is 13.2. The van der Waals surface area contributed by atoms with Crippen LogP contribution in [0.15, 0.2) is 168 Å². The summed E-state index contributed by atoms with van der Waals surface area (Å²) in [6.45, 7) is 4.68. The fraction of sp³-hybridized carbons (Fsp3) is 0.0612. The van der Waals surface area contributed by atoms with Gasteiger partial charge in [-0.2, -0.15) is 0 Å². The standard InChI is InChI=1S/C49H33N3O/c1-49(2)37-22-12-9-19-34(37)44-45(49)47-43(36-21-11-14-24-41(36)53-47)42-35-20-10-13-23-40(35)52(46(42)44)33-27-25-32(26-28-33)48-50-38(30-15-5-3-6-16-30)29-39(51-48)31-17-7-4-8-18-31/h3-29H,1-2H3. The van der Waals surface area contributed by atoms with E-state index in [1.54, 1.807) is 0 Å². The van der Waals surface area contributed by atoms with Crippen LogP contribution in [0, 0.1) is 0 Å². The highest BCUT2D eigenvalue weighted by molar-refractivity contribution is 6.32. The highest BCUT2D eigenvalue weighted by atomic mass is 16.3. The first-order valence-electron chi connectivity index (χ1n) is 18.2. The molecule has 250 valence electrons. The van der Waals surface area contributed by atoms with Gasteiger partial charge in [0, 0.05) is 60.5 Å². The van der Waals surface area contributed by atoms with Crippen LogP contribution in [0.5, 0.6) is 0 Å². The molecule has 0 aliphatic heterocycles. The zero-order valence-electron chi connectivity index (χ0n) is 29.3. The van der Waals surface area contributed by atoms with Crippen molar-refractivity contribution in [3.63, 3.8) is 0 Å². The molecule has 0 radical (unpaired) electrons. The average molecular weight is 680 g/mol. The Balaban J connectivity index is 1.19. The Morgan fingerprint density at radius 1 is 0.547 bits per heavy atom. The predicted molar refractivity (Wildman–Crippen MR) is 218 cm³/mol. The molecule has 53 heavy (non-hydrogen) atoms. The maximum Gasteiger partial charge on any atom is 0.160 e. The number of para-hydroxylation sites is 2. The number of nitrogens with zero attached hydrogens (tertiary/aromatic N) is 3. The van der Waals surface area contributed by atoms with E-state index in [4.69, 9.17) is 14.4 Å². The summed E-state index contributed by atoms with van der Waals surface area (Å²) in [7, 11) is 0. The van der Waals surface area contributed by atoms with Crippen LogP contribution in [0.4, 0.5) is 0 Å². The van der Waals surface area contributed by atoms with Crippen LogP contribution in [0.2, 0.25) is 0 Å². The van der Waals surface area contributed by atoms with Crippen molar-refractivity contribution >= 4 is 43.7 Å². The number of furan rings is 1. The molecule has 3 heterocycles. The van der Waals surface area contributed by atoms with Crippen LogP contribution in [-0.2, 0) is 5.41 Å². The third kappa shape index (κ3) is 4.30. The highest BCUT2D eigenvalue weighted by Crippen LogP contribution is 2.57. The molecule has 1 aliphatic rings. The van der Waals surface area contributed by atoms with E-state index >= 15 is 0 Å². The molecule has 0 spiro atoms. The van der Waals surface area contributed by atoms with Crippen molar-refractivity contribution in [2.24, 2.45) is 0 Å². The second-order valence-electron chi connectivity index (χ2n) is 14.5. The molecule has 0 bridgehead atoms. The van der Waals surface area contributed by atoms with Gasteiger partial charge in [-0.25, -0.2) is 9.97 Å². The number of benzene rings is 7. The monoisotopic (exact) mass is 679 g/mol. The average Bonchev–Trinajstić information content (AvgIpc) is 3.84. The quantitative estimate of drug-likeness (QED) is 0.186. The summed E-state index contributed by atoms with van der Waals surface area (Å²) in [6, 6.07) is 57.7. The molecule has 10 aromatic rings. The van der Waals surface area contributed by atoms with Gasteiger partial charge >= 0.3 is 0 Å². The minimum Gasteiger partial charge on any atom is -0.456 e. The molecule has 0 saturated heterocycles. The molecule has 0 N–H and O–H groups in total. The molecule has 4 heteroatoms. The van der Waals surface area contributed by atoms with Crippen molar-refractivity contribution in [2.45, 2.75) is 19.3 Å². The topological polar surface area (TPSA) is 43.9 Å². The van der Waals surface area contributed by atoms with Crippen molar-refractivity contribution in [1.82, 2.24) is 14.5 Å². The summed E-state index contributed by atoms with van der Waals surface area (Å²) in [5.41, 5.74) is 15.1. The molecule has 0 atom stereocenters. The molecule has 11 rings (SSSR count). The summed E-state index contributed by atoms with van der Waals surface area (Å²) >= 11 is 0. The Morgan fingerprint density at radius 2 is 1.15 bits per heavy atom. The van der Waals surface area contributed by atoms with Crippen LogP contribution in [0.1, 0.15) is 25.0 Å². The van der Waals surface area contributed by atoms with Crippen molar-refractivity contribution < 1.29 is 4.42 Å². The Hall–Kier alpha value is -6.78. The SMILES string of the molecule is CC1(C)c2ccccc2-c2c1c1oc3ccccc3c1c1c3ccccc3n(-c3ccc(-c4nc(-c5ccccc5)cc(-c5ccccc5)n4)cc3)c21. The van der Waals surface area contributed by atoms with Gasteiger partial charge < -0.3 is 8.98 Å². The lowest BCUT2D eigenvalue weighted by Gasteiger charge is -2.22. The fourth-order valence-electron chi connectivity index (χ4n) is 8.79. The van der Waals surface area contributed by atoms with Crippen molar-refractivity contribution in [3.05, 3.63) is 175 Å². The number of hydrogen-bond acceptors (Lipinski definition) is 3. The van der Waals surface area contributed by atoms with Gasteiger partial charge in [0.05, 0.1) is 22.4 Å². The number of aromatic nitrogens is 3. The summed E-state index contributed by atoms with van der Waals surface area (Å²) in [4.78, 5) is 10.2. The van der Waals surface area contributed by atoms with Crippen LogP contribution >= 0.6 is 0 Å². The summed E-state index contributed by atoms with van der Waals surface area (Å²) in [6.07, 6.45) is 0. The first-order chi connectivity index (χ1) is 26.1. The van der Waals surface area contributed by atoms with Gasteiger partial charge in [0.1, 0.15) is 11.2 Å². The molecule has 0 amide bonds. The van der Waals surface area contributed by atoms with Crippen LogP contribution in [0.25, 0.3) is 94.5 Å². The Kier molecular flexibility index (Phi) is 6.27. The van der Waals surface area contributed by atoms with Crippen LogP contribution < -0.4 is 0 Å². The Labute approximate surface area is 306 Å². The van der Waals surface area contributed by atoms with Crippen LogP contribution in [0.3, 0.4) is 0 Å². The summed E-state index contributed by atoms with van der Waals surface area (Å²) in [5, 5.41) is 4.76. The smallest absolute Gasteiger partial charge is 0.160 e. The first-order valence-corrected chi connectivity index (χ1v) is 18.2. The van der Waals surface area contributed by atoms with Crippen molar-refractivity contribution in [1.29, 1.82) is 0 Å². The maximum atomic E-state index is 6.86. The second kappa shape index (κ2) is 11.1. The fourth-order valence-corrected chi connectivity index (χ4v) is 8.79. The van der Waals surface area contributed by atoms with E-state index in [0.29, 0.717) is 5.82 Å². The highest BCUT2D eigenvalue weighted by Gasteiger charge is 2.41. The largest absolute Gasteiger partial charge is 0.456 e. The first kappa shape index (κ1) is 29.9. The van der Waals surface area contributed by atoms with Crippen molar-refractivity contribution in [2.75, 3.05) is 0 Å². The molecule has 3 aromatic heterocycles. The molecule has 0 fully saturated rings. The third-order valence-electron chi connectivity index (χ3n) is 11.2. The van der Waals surface area contributed by atoms with E-state index in [-0.39, 0.29) is 5.41 Å². The predicted octanol–water partition coefficient (Wildman–Crippen LogP) is 12.8. The zero-order chi connectivity index (χ0) is 35.3. The van der Waals surface area contributed by atoms with Gasteiger partial charge in [-0.05, 0) is 53.6 Å². The summed E-state index contributed by atoms with van der Waals surface area (Å²) < 4.78 is 9.32. The lowest BCUT2D eigenvalue weighted by atomic mass is 9.81.